The second kappa shape index (κ2) is 4.24. The Labute approximate surface area is 94.7 Å². The number of pyridine rings is 1. The van der Waals surface area contributed by atoms with Gasteiger partial charge in [0.2, 0.25) is 0 Å². The first kappa shape index (κ1) is 10.5. The topological polar surface area (TPSA) is 65.3 Å². The maximum atomic E-state index is 10.8. The van der Waals surface area contributed by atoms with Gasteiger partial charge in [0.15, 0.2) is 6.20 Å². The minimum atomic E-state index is -0.469. The molecule has 1 aromatic heterocycles. The van der Waals surface area contributed by atoms with Crippen molar-refractivity contribution in [3.05, 3.63) is 32.4 Å². The Balaban J connectivity index is 2.41. The van der Waals surface area contributed by atoms with Crippen LogP contribution in [0.2, 0.25) is 0 Å². The second-order valence-corrected chi connectivity index (χ2v) is 4.24. The maximum Gasteiger partial charge on any atom is 0.369 e. The number of hydrogen-bond donors (Lipinski definition) is 0. The molecule has 0 aromatic carbocycles. The van der Waals surface area contributed by atoms with Crippen molar-refractivity contribution < 1.29 is 9.66 Å². The number of nitro groups is 1. The average molecular weight is 273 g/mol. The van der Waals surface area contributed by atoms with Crippen molar-refractivity contribution in [3.8, 4) is 0 Å². The summed E-state index contributed by atoms with van der Waals surface area (Å²) in [5.41, 5.74) is 0.562. The molecule has 1 saturated heterocycles. The monoisotopic (exact) mass is 272 g/mol. The molecule has 1 aliphatic heterocycles. The molecule has 1 aliphatic rings. The van der Waals surface area contributed by atoms with Gasteiger partial charge in [-0.3, -0.25) is 0 Å². The number of aromatic nitrogens is 1. The normalized spacial score (nSPS) is 20.5. The molecule has 0 N–H and O–H groups in total. The summed E-state index contributed by atoms with van der Waals surface area (Å²) in [4.78, 5) is 14.1. The van der Waals surface area contributed by atoms with Crippen LogP contribution in [0.15, 0.2) is 16.7 Å². The van der Waals surface area contributed by atoms with Gasteiger partial charge >= 0.3 is 5.82 Å². The van der Waals surface area contributed by atoms with E-state index >= 15 is 0 Å². The molecule has 0 bridgehead atoms. The van der Waals surface area contributed by atoms with Crippen LogP contribution in [0.1, 0.15) is 24.5 Å². The molecule has 2 heterocycles. The van der Waals surface area contributed by atoms with Gasteiger partial charge in [-0.05, 0) is 44.7 Å². The van der Waals surface area contributed by atoms with Crippen LogP contribution in [0, 0.1) is 10.1 Å². The lowest BCUT2D eigenvalue weighted by atomic mass is 10.1. The van der Waals surface area contributed by atoms with Gasteiger partial charge in [-0.25, -0.2) is 0 Å². The third-order valence-corrected chi connectivity index (χ3v) is 2.74. The van der Waals surface area contributed by atoms with Gasteiger partial charge in [0.1, 0.15) is 0 Å². The van der Waals surface area contributed by atoms with Crippen LogP contribution in [-0.4, -0.2) is 16.5 Å². The molecular weight excluding hydrogens is 264 g/mol. The minimum absolute atomic E-state index is 0.106. The number of nitrogens with zero attached hydrogens (tertiary/aromatic N) is 2. The molecule has 0 spiro atoms. The molecule has 0 aliphatic carbocycles. The highest BCUT2D eigenvalue weighted by molar-refractivity contribution is 9.10. The first-order chi connectivity index (χ1) is 7.18. The first-order valence-corrected chi connectivity index (χ1v) is 5.39. The number of halogens is 1. The fraction of sp³-hybridized carbons (Fsp3) is 0.444. The third kappa shape index (κ3) is 2.15. The van der Waals surface area contributed by atoms with Crippen molar-refractivity contribution in [2.75, 3.05) is 6.61 Å². The summed E-state index contributed by atoms with van der Waals surface area (Å²) in [7, 11) is 0. The summed E-state index contributed by atoms with van der Waals surface area (Å²) in [5, 5.41) is 10.8. The van der Waals surface area contributed by atoms with Crippen LogP contribution in [0.3, 0.4) is 0 Å². The highest BCUT2D eigenvalue weighted by Crippen LogP contribution is 2.34. The summed E-state index contributed by atoms with van der Waals surface area (Å²) >= 11 is 3.25. The molecular formula is C9H9BrN2O3. The van der Waals surface area contributed by atoms with Crippen LogP contribution in [-0.2, 0) is 4.74 Å². The Morgan fingerprint density at radius 1 is 1.67 bits per heavy atom. The van der Waals surface area contributed by atoms with E-state index in [1.807, 2.05) is 0 Å². The van der Waals surface area contributed by atoms with Crippen molar-refractivity contribution in [1.82, 2.24) is 4.98 Å². The molecule has 6 heteroatoms. The van der Waals surface area contributed by atoms with Crippen LogP contribution >= 0.6 is 15.9 Å². The van der Waals surface area contributed by atoms with Gasteiger partial charge in [-0.1, -0.05) is 0 Å². The zero-order valence-corrected chi connectivity index (χ0v) is 9.44. The van der Waals surface area contributed by atoms with E-state index in [0.717, 1.165) is 17.3 Å². The molecule has 80 valence electrons. The van der Waals surface area contributed by atoms with Gasteiger partial charge in [-0.2, -0.15) is 0 Å². The fourth-order valence-corrected chi connectivity index (χ4v) is 2.01. The standard InChI is InChI=1S/C9H9BrN2O3/c10-6-4-7(8-2-1-3-15-8)9(11-5-6)12(13)14/h4-5,8H,1-3H2. The summed E-state index contributed by atoms with van der Waals surface area (Å²) in [6, 6.07) is 1.71. The Morgan fingerprint density at radius 3 is 3.07 bits per heavy atom. The average Bonchev–Trinajstić information content (AvgIpc) is 2.69. The Hall–Kier alpha value is -1.01. The number of hydrogen-bond acceptors (Lipinski definition) is 4. The van der Waals surface area contributed by atoms with E-state index in [9.17, 15) is 10.1 Å². The fourth-order valence-electron chi connectivity index (χ4n) is 1.66. The lowest BCUT2D eigenvalue weighted by Crippen LogP contribution is -2.03. The van der Waals surface area contributed by atoms with Crippen molar-refractivity contribution >= 4 is 21.7 Å². The number of ether oxygens (including phenoxy) is 1. The van der Waals surface area contributed by atoms with E-state index in [4.69, 9.17) is 4.74 Å². The summed E-state index contributed by atoms with van der Waals surface area (Å²) in [6.45, 7) is 0.661. The van der Waals surface area contributed by atoms with E-state index in [-0.39, 0.29) is 11.9 Å². The Bertz CT molecular complexity index is 391. The zero-order chi connectivity index (χ0) is 10.8. The Kier molecular flexibility index (Phi) is 2.97. The smallest absolute Gasteiger partial charge is 0.369 e. The van der Waals surface area contributed by atoms with Crippen LogP contribution in [0.25, 0.3) is 0 Å². The summed E-state index contributed by atoms with van der Waals surface area (Å²) in [5.74, 6) is -0.106. The predicted octanol–water partition coefficient (Wildman–Crippen LogP) is 2.60. The maximum absolute atomic E-state index is 10.8. The Morgan fingerprint density at radius 2 is 2.47 bits per heavy atom. The van der Waals surface area contributed by atoms with Gasteiger partial charge in [0.05, 0.1) is 16.1 Å². The largest absolute Gasteiger partial charge is 0.373 e. The molecule has 2 rings (SSSR count). The van der Waals surface area contributed by atoms with Gasteiger partial charge in [0.25, 0.3) is 0 Å². The van der Waals surface area contributed by atoms with Gasteiger partial charge in [-0.15, -0.1) is 0 Å². The zero-order valence-electron chi connectivity index (χ0n) is 7.85. The SMILES string of the molecule is O=[N+]([O-])c1ncc(Br)cc1C1CCCO1. The summed E-state index contributed by atoms with van der Waals surface area (Å²) in [6.07, 6.45) is 3.00. The summed E-state index contributed by atoms with van der Waals surface area (Å²) < 4.78 is 6.15. The van der Waals surface area contributed by atoms with Crippen molar-refractivity contribution in [2.24, 2.45) is 0 Å². The second-order valence-electron chi connectivity index (χ2n) is 3.33. The molecule has 15 heavy (non-hydrogen) atoms. The van der Waals surface area contributed by atoms with Gasteiger partial charge < -0.3 is 14.9 Å². The minimum Gasteiger partial charge on any atom is -0.373 e. The lowest BCUT2D eigenvalue weighted by Gasteiger charge is -2.09. The van der Waals surface area contributed by atoms with Crippen LogP contribution < -0.4 is 0 Å². The van der Waals surface area contributed by atoms with E-state index < -0.39 is 4.92 Å². The molecule has 5 nitrogen and oxygen atoms in total. The molecule has 1 fully saturated rings. The third-order valence-electron chi connectivity index (χ3n) is 2.31. The molecule has 0 radical (unpaired) electrons. The highest BCUT2D eigenvalue weighted by Gasteiger charge is 2.27. The van der Waals surface area contributed by atoms with E-state index in [1.54, 1.807) is 6.07 Å². The quantitative estimate of drug-likeness (QED) is 0.613. The van der Waals surface area contributed by atoms with Crippen molar-refractivity contribution in [1.29, 1.82) is 0 Å². The van der Waals surface area contributed by atoms with Crippen LogP contribution in [0.5, 0.6) is 0 Å². The van der Waals surface area contributed by atoms with Crippen molar-refractivity contribution in [2.45, 2.75) is 18.9 Å². The highest BCUT2D eigenvalue weighted by atomic mass is 79.9. The van der Waals surface area contributed by atoms with E-state index in [1.165, 1.54) is 6.20 Å². The molecule has 1 aromatic rings. The van der Waals surface area contributed by atoms with Crippen LogP contribution in [0.4, 0.5) is 5.82 Å². The molecule has 0 amide bonds. The molecule has 1 unspecified atom stereocenters. The van der Waals surface area contributed by atoms with E-state index in [0.29, 0.717) is 12.2 Å². The van der Waals surface area contributed by atoms with E-state index in [2.05, 4.69) is 20.9 Å². The van der Waals surface area contributed by atoms with Crippen molar-refractivity contribution in [3.63, 3.8) is 0 Å². The lowest BCUT2D eigenvalue weighted by molar-refractivity contribution is -0.390. The van der Waals surface area contributed by atoms with Gasteiger partial charge in [0, 0.05) is 6.61 Å². The molecule has 1 atom stereocenters. The number of rotatable bonds is 2. The molecule has 0 saturated carbocycles. The predicted molar refractivity (Wildman–Crippen MR) is 56.5 cm³/mol. The first-order valence-electron chi connectivity index (χ1n) is 4.60.